The number of hydrogen-bond acceptors (Lipinski definition) is 4. The summed E-state index contributed by atoms with van der Waals surface area (Å²) in [7, 11) is 0. The lowest BCUT2D eigenvalue weighted by atomic mass is 10.1. The smallest absolute Gasteiger partial charge is 0.126 e. The summed E-state index contributed by atoms with van der Waals surface area (Å²) >= 11 is 0. The van der Waals surface area contributed by atoms with E-state index in [2.05, 4.69) is 34.3 Å². The molecular weight excluding hydrogens is 214 g/mol. The van der Waals surface area contributed by atoms with Gasteiger partial charge in [-0.05, 0) is 37.5 Å². The Kier molecular flexibility index (Phi) is 4.34. The number of piperidine rings is 1. The Labute approximate surface area is 103 Å². The minimum Gasteiger partial charge on any atom is -0.393 e. The van der Waals surface area contributed by atoms with Crippen molar-refractivity contribution >= 4 is 5.82 Å². The minimum absolute atomic E-state index is 0.0963. The fraction of sp³-hybridized carbons (Fsp3) is 0.615. The van der Waals surface area contributed by atoms with Crippen molar-refractivity contribution in [3.63, 3.8) is 0 Å². The lowest BCUT2D eigenvalue weighted by Gasteiger charge is -2.29. The molecule has 2 rings (SSSR count). The normalized spacial score (nSPS) is 18.2. The molecule has 1 aromatic rings. The summed E-state index contributed by atoms with van der Waals surface area (Å²) in [6.45, 7) is 5.89. The molecule has 1 saturated heterocycles. The molecule has 0 unspecified atom stereocenters. The van der Waals surface area contributed by atoms with E-state index in [0.29, 0.717) is 0 Å². The van der Waals surface area contributed by atoms with Crippen LogP contribution in [0.3, 0.4) is 0 Å². The number of nitrogens with zero attached hydrogens (tertiary/aromatic N) is 2. The number of rotatable bonds is 4. The predicted molar refractivity (Wildman–Crippen MR) is 68.9 cm³/mol. The number of hydrogen-bond donors (Lipinski definition) is 2. The van der Waals surface area contributed by atoms with Crippen LogP contribution in [-0.4, -0.2) is 40.7 Å². The first-order valence-electron chi connectivity index (χ1n) is 6.37. The van der Waals surface area contributed by atoms with Gasteiger partial charge in [0, 0.05) is 32.4 Å². The number of nitrogens with one attached hydrogen (secondary N) is 1. The monoisotopic (exact) mass is 235 g/mol. The van der Waals surface area contributed by atoms with Crippen molar-refractivity contribution in [2.45, 2.75) is 32.4 Å². The van der Waals surface area contributed by atoms with E-state index in [1.807, 2.05) is 6.20 Å². The van der Waals surface area contributed by atoms with Gasteiger partial charge in [0.1, 0.15) is 5.82 Å². The van der Waals surface area contributed by atoms with Gasteiger partial charge in [-0.15, -0.1) is 0 Å². The van der Waals surface area contributed by atoms with E-state index >= 15 is 0 Å². The molecule has 1 aliphatic rings. The van der Waals surface area contributed by atoms with E-state index in [0.717, 1.165) is 44.8 Å². The summed E-state index contributed by atoms with van der Waals surface area (Å²) in [5.74, 6) is 0.946. The number of aliphatic hydroxyl groups is 1. The Balaban J connectivity index is 1.91. The molecule has 2 heterocycles. The number of pyridine rings is 1. The molecule has 0 amide bonds. The molecule has 1 aliphatic heterocycles. The largest absolute Gasteiger partial charge is 0.393 e. The lowest BCUT2D eigenvalue weighted by Crippen LogP contribution is -2.35. The molecular formula is C13H21N3O. The zero-order chi connectivity index (χ0) is 12.1. The standard InChI is InChI=1S/C13H21N3O/c1-2-14-13-9-11(3-6-15-13)10-16-7-4-12(17)5-8-16/h3,6,9,12,17H,2,4-5,7-8,10H2,1H3,(H,14,15). The first kappa shape index (κ1) is 12.3. The molecule has 0 radical (unpaired) electrons. The molecule has 0 atom stereocenters. The van der Waals surface area contributed by atoms with Crippen molar-refractivity contribution in [2.75, 3.05) is 25.0 Å². The Morgan fingerprint density at radius 3 is 2.94 bits per heavy atom. The third-order valence-electron chi connectivity index (χ3n) is 3.15. The SMILES string of the molecule is CCNc1cc(CN2CCC(O)CC2)ccn1. The fourth-order valence-corrected chi connectivity index (χ4v) is 2.19. The van der Waals surface area contributed by atoms with Gasteiger partial charge in [0.05, 0.1) is 6.10 Å². The van der Waals surface area contributed by atoms with Gasteiger partial charge in [-0.1, -0.05) is 0 Å². The fourth-order valence-electron chi connectivity index (χ4n) is 2.19. The van der Waals surface area contributed by atoms with E-state index < -0.39 is 0 Å². The first-order chi connectivity index (χ1) is 8.28. The van der Waals surface area contributed by atoms with E-state index in [9.17, 15) is 5.11 Å². The van der Waals surface area contributed by atoms with Crippen molar-refractivity contribution in [2.24, 2.45) is 0 Å². The highest BCUT2D eigenvalue weighted by Crippen LogP contribution is 2.14. The van der Waals surface area contributed by atoms with Crippen LogP contribution >= 0.6 is 0 Å². The minimum atomic E-state index is -0.0963. The maximum Gasteiger partial charge on any atom is 0.126 e. The van der Waals surface area contributed by atoms with Gasteiger partial charge in [-0.3, -0.25) is 4.90 Å². The average Bonchev–Trinajstić information content (AvgIpc) is 2.33. The maximum atomic E-state index is 9.46. The van der Waals surface area contributed by atoms with E-state index in [1.54, 1.807) is 0 Å². The second-order valence-corrected chi connectivity index (χ2v) is 4.59. The quantitative estimate of drug-likeness (QED) is 0.829. The van der Waals surface area contributed by atoms with Gasteiger partial charge in [-0.25, -0.2) is 4.98 Å². The Hall–Kier alpha value is -1.13. The number of aliphatic hydroxyl groups excluding tert-OH is 1. The van der Waals surface area contributed by atoms with Gasteiger partial charge >= 0.3 is 0 Å². The van der Waals surface area contributed by atoms with Crippen molar-refractivity contribution < 1.29 is 5.11 Å². The van der Waals surface area contributed by atoms with Crippen LogP contribution in [0.2, 0.25) is 0 Å². The molecule has 0 aromatic carbocycles. The van der Waals surface area contributed by atoms with Crippen LogP contribution in [0.5, 0.6) is 0 Å². The molecule has 1 fully saturated rings. The van der Waals surface area contributed by atoms with Crippen LogP contribution < -0.4 is 5.32 Å². The van der Waals surface area contributed by atoms with Gasteiger partial charge in [0.25, 0.3) is 0 Å². The molecule has 4 heteroatoms. The lowest BCUT2D eigenvalue weighted by molar-refractivity contribution is 0.0792. The third-order valence-corrected chi connectivity index (χ3v) is 3.15. The van der Waals surface area contributed by atoms with Crippen LogP contribution in [0.1, 0.15) is 25.3 Å². The third kappa shape index (κ3) is 3.68. The predicted octanol–water partition coefficient (Wildman–Crippen LogP) is 1.47. The summed E-state index contributed by atoms with van der Waals surface area (Å²) in [5, 5.41) is 12.7. The summed E-state index contributed by atoms with van der Waals surface area (Å²) < 4.78 is 0. The number of likely N-dealkylation sites (tertiary alicyclic amines) is 1. The first-order valence-corrected chi connectivity index (χ1v) is 6.37. The molecule has 2 N–H and O–H groups in total. The second-order valence-electron chi connectivity index (χ2n) is 4.59. The van der Waals surface area contributed by atoms with Gasteiger partial charge in [-0.2, -0.15) is 0 Å². The highest BCUT2D eigenvalue weighted by Gasteiger charge is 2.16. The van der Waals surface area contributed by atoms with E-state index in [4.69, 9.17) is 0 Å². The van der Waals surface area contributed by atoms with Crippen molar-refractivity contribution in [1.29, 1.82) is 0 Å². The zero-order valence-corrected chi connectivity index (χ0v) is 10.4. The Morgan fingerprint density at radius 1 is 1.47 bits per heavy atom. The molecule has 17 heavy (non-hydrogen) atoms. The summed E-state index contributed by atoms with van der Waals surface area (Å²) in [5.41, 5.74) is 1.28. The number of anilines is 1. The highest BCUT2D eigenvalue weighted by atomic mass is 16.3. The molecule has 1 aromatic heterocycles. The van der Waals surface area contributed by atoms with E-state index in [1.165, 1.54) is 5.56 Å². The second kappa shape index (κ2) is 5.98. The molecule has 0 spiro atoms. The van der Waals surface area contributed by atoms with Crippen LogP contribution in [0.4, 0.5) is 5.82 Å². The van der Waals surface area contributed by atoms with Crippen LogP contribution in [0, 0.1) is 0 Å². The molecule has 0 bridgehead atoms. The van der Waals surface area contributed by atoms with Gasteiger partial charge in [0.2, 0.25) is 0 Å². The van der Waals surface area contributed by atoms with Gasteiger partial charge < -0.3 is 10.4 Å². The number of aromatic nitrogens is 1. The summed E-state index contributed by atoms with van der Waals surface area (Å²) in [6, 6.07) is 4.17. The Bertz CT molecular complexity index is 348. The van der Waals surface area contributed by atoms with Crippen LogP contribution in [-0.2, 0) is 6.54 Å². The summed E-state index contributed by atoms with van der Waals surface area (Å²) in [6.07, 6.45) is 3.55. The van der Waals surface area contributed by atoms with Crippen LogP contribution in [0.15, 0.2) is 18.3 Å². The van der Waals surface area contributed by atoms with Gasteiger partial charge in [0.15, 0.2) is 0 Å². The summed E-state index contributed by atoms with van der Waals surface area (Å²) in [4.78, 5) is 6.65. The maximum absolute atomic E-state index is 9.46. The van der Waals surface area contributed by atoms with Crippen molar-refractivity contribution in [3.8, 4) is 0 Å². The molecule has 94 valence electrons. The molecule has 0 saturated carbocycles. The van der Waals surface area contributed by atoms with Crippen molar-refractivity contribution in [3.05, 3.63) is 23.9 Å². The molecule has 4 nitrogen and oxygen atoms in total. The van der Waals surface area contributed by atoms with Crippen molar-refractivity contribution in [1.82, 2.24) is 9.88 Å². The van der Waals surface area contributed by atoms with Crippen LogP contribution in [0.25, 0.3) is 0 Å². The Morgan fingerprint density at radius 2 is 2.24 bits per heavy atom. The zero-order valence-electron chi connectivity index (χ0n) is 10.4. The highest BCUT2D eigenvalue weighted by molar-refractivity contribution is 5.37. The van der Waals surface area contributed by atoms with E-state index in [-0.39, 0.29) is 6.10 Å². The molecule has 0 aliphatic carbocycles. The topological polar surface area (TPSA) is 48.4 Å². The average molecular weight is 235 g/mol.